The van der Waals surface area contributed by atoms with Gasteiger partial charge in [0.1, 0.15) is 5.54 Å². The van der Waals surface area contributed by atoms with Crippen LogP contribution in [0.3, 0.4) is 0 Å². The van der Waals surface area contributed by atoms with Gasteiger partial charge in [-0.2, -0.15) is 5.26 Å². The van der Waals surface area contributed by atoms with Gasteiger partial charge in [-0.15, -0.1) is 0 Å². The van der Waals surface area contributed by atoms with Crippen molar-refractivity contribution in [1.82, 2.24) is 4.90 Å². The lowest BCUT2D eigenvalue weighted by Crippen LogP contribution is -2.34. The van der Waals surface area contributed by atoms with E-state index in [1.165, 1.54) is 12.8 Å². The molecule has 1 rings (SSSR count). The Balaban J connectivity index is 1.89. The third-order valence-corrected chi connectivity index (χ3v) is 3.41. The number of rotatable bonds is 10. The van der Waals surface area contributed by atoms with Crippen LogP contribution in [-0.2, 0) is 4.74 Å². The van der Waals surface area contributed by atoms with Crippen LogP contribution in [0, 0.1) is 17.2 Å². The van der Waals surface area contributed by atoms with E-state index in [9.17, 15) is 0 Å². The number of nitrogens with two attached hydrogens (primary N) is 1. The minimum absolute atomic E-state index is 0.661. The second-order valence-corrected chi connectivity index (χ2v) is 5.81. The average Bonchev–Trinajstić information content (AvgIpc) is 3.14. The molecule has 0 aliphatic heterocycles. The van der Waals surface area contributed by atoms with Crippen LogP contribution in [0.15, 0.2) is 0 Å². The summed E-state index contributed by atoms with van der Waals surface area (Å²) in [5.41, 5.74) is 5.11. The molecule has 1 unspecified atom stereocenters. The van der Waals surface area contributed by atoms with E-state index in [4.69, 9.17) is 15.7 Å². The molecule has 2 N–H and O–H groups in total. The number of ether oxygens (including phenoxy) is 1. The molecule has 0 spiro atoms. The lowest BCUT2D eigenvalue weighted by atomic mass is 9.98. The quantitative estimate of drug-likeness (QED) is 0.603. The Morgan fingerprint density at radius 3 is 2.72 bits per heavy atom. The first kappa shape index (κ1) is 15.4. The van der Waals surface area contributed by atoms with E-state index in [0.717, 1.165) is 51.5 Å². The molecule has 0 aromatic carbocycles. The van der Waals surface area contributed by atoms with Crippen molar-refractivity contribution in [3.63, 3.8) is 0 Å². The molecule has 0 amide bonds. The van der Waals surface area contributed by atoms with E-state index in [2.05, 4.69) is 18.0 Å². The van der Waals surface area contributed by atoms with Crippen molar-refractivity contribution in [1.29, 1.82) is 5.26 Å². The molecule has 0 heterocycles. The first-order chi connectivity index (χ1) is 8.53. The number of nitriles is 1. The molecule has 1 saturated carbocycles. The summed E-state index contributed by atoms with van der Waals surface area (Å²) in [6.07, 6.45) is 5.58. The van der Waals surface area contributed by atoms with Crippen molar-refractivity contribution in [2.45, 2.75) is 44.6 Å². The number of likely N-dealkylation sites (N-methyl/N-ethyl adjacent to an activating group) is 1. The summed E-state index contributed by atoms with van der Waals surface area (Å²) < 4.78 is 5.60. The Bertz CT molecular complexity index is 269. The molecule has 18 heavy (non-hydrogen) atoms. The molecule has 0 aromatic rings. The van der Waals surface area contributed by atoms with Gasteiger partial charge in [-0.25, -0.2) is 0 Å². The molecule has 1 aliphatic carbocycles. The average molecular weight is 253 g/mol. The van der Waals surface area contributed by atoms with E-state index < -0.39 is 5.54 Å². The second-order valence-electron chi connectivity index (χ2n) is 5.81. The summed E-state index contributed by atoms with van der Waals surface area (Å²) >= 11 is 0. The first-order valence-corrected chi connectivity index (χ1v) is 7.00. The minimum atomic E-state index is -0.661. The van der Waals surface area contributed by atoms with Crippen LogP contribution < -0.4 is 5.73 Å². The largest absolute Gasteiger partial charge is 0.380 e. The Labute approximate surface area is 111 Å². The second kappa shape index (κ2) is 7.73. The molecule has 4 nitrogen and oxygen atoms in total. The van der Waals surface area contributed by atoms with Gasteiger partial charge in [0.25, 0.3) is 0 Å². The van der Waals surface area contributed by atoms with Crippen molar-refractivity contribution in [3.8, 4) is 6.07 Å². The number of unbranched alkanes of at least 4 members (excludes halogenated alkanes) is 1. The van der Waals surface area contributed by atoms with Crippen molar-refractivity contribution >= 4 is 0 Å². The maximum atomic E-state index is 8.79. The highest BCUT2D eigenvalue weighted by Gasteiger charge is 2.21. The molecule has 0 radical (unpaired) electrons. The monoisotopic (exact) mass is 253 g/mol. The fourth-order valence-electron chi connectivity index (χ4n) is 1.80. The molecular weight excluding hydrogens is 226 g/mol. The van der Waals surface area contributed by atoms with E-state index in [0.29, 0.717) is 0 Å². The third kappa shape index (κ3) is 7.65. The van der Waals surface area contributed by atoms with Gasteiger partial charge in [-0.3, -0.25) is 0 Å². The Morgan fingerprint density at radius 2 is 2.11 bits per heavy atom. The molecule has 0 aromatic heterocycles. The van der Waals surface area contributed by atoms with Gasteiger partial charge >= 0.3 is 0 Å². The molecule has 4 heteroatoms. The van der Waals surface area contributed by atoms with Gasteiger partial charge < -0.3 is 15.4 Å². The maximum Gasteiger partial charge on any atom is 0.101 e. The van der Waals surface area contributed by atoms with E-state index in [1.807, 2.05) is 0 Å². The SMILES string of the molecule is CN(CCCCC(C)(N)C#N)CCOCC1CC1. The number of hydrogen-bond acceptors (Lipinski definition) is 4. The van der Waals surface area contributed by atoms with E-state index in [1.54, 1.807) is 6.92 Å². The summed E-state index contributed by atoms with van der Waals surface area (Å²) in [4.78, 5) is 2.28. The zero-order valence-electron chi connectivity index (χ0n) is 11.8. The molecule has 0 saturated heterocycles. The van der Waals surface area contributed by atoms with E-state index >= 15 is 0 Å². The zero-order chi connectivity index (χ0) is 13.4. The van der Waals surface area contributed by atoms with Crippen LogP contribution in [0.1, 0.15) is 39.0 Å². The summed E-state index contributed by atoms with van der Waals surface area (Å²) in [6, 6.07) is 2.13. The highest BCUT2D eigenvalue weighted by Crippen LogP contribution is 2.28. The number of hydrogen-bond donors (Lipinski definition) is 1. The van der Waals surface area contributed by atoms with Crippen LogP contribution in [0.25, 0.3) is 0 Å². The predicted octanol–water partition coefficient (Wildman–Crippen LogP) is 1.76. The molecule has 104 valence electrons. The van der Waals surface area contributed by atoms with Gasteiger partial charge in [0.15, 0.2) is 0 Å². The first-order valence-electron chi connectivity index (χ1n) is 7.00. The van der Waals surface area contributed by atoms with Crippen LogP contribution in [0.5, 0.6) is 0 Å². The smallest absolute Gasteiger partial charge is 0.101 e. The van der Waals surface area contributed by atoms with Crippen LogP contribution in [0.2, 0.25) is 0 Å². The molecule has 0 bridgehead atoms. The molecule has 1 aliphatic rings. The van der Waals surface area contributed by atoms with Crippen molar-refractivity contribution < 1.29 is 4.74 Å². The van der Waals surface area contributed by atoms with Gasteiger partial charge in [-0.05, 0) is 58.5 Å². The van der Waals surface area contributed by atoms with Crippen LogP contribution in [-0.4, -0.2) is 43.8 Å². The standard InChI is InChI=1S/C14H27N3O/c1-14(16,12-15)7-3-4-8-17(2)9-10-18-11-13-5-6-13/h13H,3-11,16H2,1-2H3. The van der Waals surface area contributed by atoms with E-state index in [-0.39, 0.29) is 0 Å². The summed E-state index contributed by atoms with van der Waals surface area (Å²) in [5.74, 6) is 0.850. The fraction of sp³-hybridized carbons (Fsp3) is 0.929. The topological polar surface area (TPSA) is 62.3 Å². The Morgan fingerprint density at radius 1 is 1.39 bits per heavy atom. The fourth-order valence-corrected chi connectivity index (χ4v) is 1.80. The van der Waals surface area contributed by atoms with Gasteiger partial charge in [0.2, 0.25) is 0 Å². The lowest BCUT2D eigenvalue weighted by molar-refractivity contribution is 0.103. The third-order valence-electron chi connectivity index (χ3n) is 3.41. The van der Waals surface area contributed by atoms with Crippen molar-refractivity contribution in [3.05, 3.63) is 0 Å². The summed E-state index contributed by atoms with van der Waals surface area (Å²) in [7, 11) is 2.12. The molecule has 1 fully saturated rings. The zero-order valence-corrected chi connectivity index (χ0v) is 11.8. The minimum Gasteiger partial charge on any atom is -0.380 e. The lowest BCUT2D eigenvalue weighted by Gasteiger charge is -2.18. The highest BCUT2D eigenvalue weighted by molar-refractivity contribution is 5.00. The summed E-state index contributed by atoms with van der Waals surface area (Å²) in [6.45, 7) is 5.61. The summed E-state index contributed by atoms with van der Waals surface area (Å²) in [5, 5.41) is 8.79. The molecule has 1 atom stereocenters. The molecular formula is C14H27N3O. The normalized spacial score (nSPS) is 18.6. The van der Waals surface area contributed by atoms with Gasteiger partial charge in [0.05, 0.1) is 12.7 Å². The Kier molecular flexibility index (Phi) is 6.62. The maximum absolute atomic E-state index is 8.79. The van der Waals surface area contributed by atoms with Gasteiger partial charge in [0, 0.05) is 13.2 Å². The van der Waals surface area contributed by atoms with Crippen LogP contribution >= 0.6 is 0 Å². The Hall–Kier alpha value is -0.630. The van der Waals surface area contributed by atoms with Gasteiger partial charge in [-0.1, -0.05) is 0 Å². The van der Waals surface area contributed by atoms with Crippen molar-refractivity contribution in [2.24, 2.45) is 11.7 Å². The predicted molar refractivity (Wildman–Crippen MR) is 73.1 cm³/mol. The van der Waals surface area contributed by atoms with Crippen LogP contribution in [0.4, 0.5) is 0 Å². The highest BCUT2D eigenvalue weighted by atomic mass is 16.5. The number of nitrogens with zero attached hydrogens (tertiary/aromatic N) is 2. The van der Waals surface area contributed by atoms with Crippen molar-refractivity contribution in [2.75, 3.05) is 33.4 Å².